The molecule has 0 aliphatic carbocycles. The van der Waals surface area contributed by atoms with Crippen molar-refractivity contribution in [3.8, 4) is 0 Å². The van der Waals surface area contributed by atoms with Gasteiger partial charge >= 0.3 is 12.2 Å². The zero-order chi connectivity index (χ0) is 17.7. The van der Waals surface area contributed by atoms with Crippen LogP contribution < -0.4 is 16.8 Å². The molecule has 0 heterocycles. The summed E-state index contributed by atoms with van der Waals surface area (Å²) in [5, 5.41) is 2.60. The van der Waals surface area contributed by atoms with Gasteiger partial charge in [0.1, 0.15) is 12.2 Å². The molecule has 0 saturated heterocycles. The highest BCUT2D eigenvalue weighted by atomic mass is 16.6. The average molecular weight is 325 g/mol. The summed E-state index contributed by atoms with van der Waals surface area (Å²) in [5.74, 6) is 0. The van der Waals surface area contributed by atoms with E-state index in [9.17, 15) is 9.59 Å². The Balaban J connectivity index is 0.000000422. The highest BCUT2D eigenvalue weighted by Crippen LogP contribution is 2.06. The molecule has 0 atom stereocenters. The molecule has 0 spiro atoms. The number of benzene rings is 1. The lowest BCUT2D eigenvalue weighted by molar-refractivity contribution is 0.0527. The largest absolute Gasteiger partial charge is 0.445 e. The fourth-order valence-corrected chi connectivity index (χ4v) is 1.34. The van der Waals surface area contributed by atoms with E-state index in [0.29, 0.717) is 13.1 Å². The molecule has 0 aliphatic heterocycles. The van der Waals surface area contributed by atoms with Crippen molar-refractivity contribution in [1.82, 2.24) is 5.32 Å². The van der Waals surface area contributed by atoms with E-state index in [1.165, 1.54) is 0 Å². The molecule has 2 amide bonds. The summed E-state index contributed by atoms with van der Waals surface area (Å²) in [6.07, 6.45) is -0.344. The van der Waals surface area contributed by atoms with Gasteiger partial charge < -0.3 is 26.3 Å². The van der Waals surface area contributed by atoms with Crippen LogP contribution in [0.5, 0.6) is 0 Å². The molecule has 0 aliphatic rings. The van der Waals surface area contributed by atoms with Crippen LogP contribution in [0.2, 0.25) is 0 Å². The van der Waals surface area contributed by atoms with E-state index >= 15 is 0 Å². The molecule has 0 fully saturated rings. The molecule has 0 radical (unpaired) electrons. The predicted octanol–water partition coefficient (Wildman–Crippen LogP) is 2.14. The minimum atomic E-state index is -0.742. The molecule has 0 bridgehead atoms. The number of nitrogens with two attached hydrogens (primary N) is 2. The smallest absolute Gasteiger partial charge is 0.407 e. The van der Waals surface area contributed by atoms with Gasteiger partial charge in [-0.05, 0) is 39.3 Å². The third kappa shape index (κ3) is 14.4. The van der Waals surface area contributed by atoms with Crippen molar-refractivity contribution in [1.29, 1.82) is 0 Å². The molecule has 1 rings (SSSR count). The number of ether oxygens (including phenoxy) is 2. The minimum absolute atomic E-state index is 0.246. The Labute approximate surface area is 137 Å². The van der Waals surface area contributed by atoms with Crippen molar-refractivity contribution in [2.45, 2.75) is 39.4 Å². The fraction of sp³-hybridized carbons (Fsp3) is 0.500. The first-order chi connectivity index (χ1) is 10.7. The van der Waals surface area contributed by atoms with Crippen molar-refractivity contribution in [2.24, 2.45) is 11.5 Å². The van der Waals surface area contributed by atoms with Gasteiger partial charge in [0.2, 0.25) is 0 Å². The maximum Gasteiger partial charge on any atom is 0.407 e. The van der Waals surface area contributed by atoms with E-state index in [-0.39, 0.29) is 12.7 Å². The number of rotatable bonds is 5. The van der Waals surface area contributed by atoms with E-state index in [4.69, 9.17) is 16.2 Å². The van der Waals surface area contributed by atoms with Gasteiger partial charge in [0, 0.05) is 6.54 Å². The summed E-state index contributed by atoms with van der Waals surface area (Å²) in [7, 11) is 0. The minimum Gasteiger partial charge on any atom is -0.445 e. The van der Waals surface area contributed by atoms with E-state index < -0.39 is 11.7 Å². The van der Waals surface area contributed by atoms with Crippen LogP contribution in [-0.4, -0.2) is 30.9 Å². The lowest BCUT2D eigenvalue weighted by Crippen LogP contribution is -2.33. The molecule has 0 saturated carbocycles. The summed E-state index contributed by atoms with van der Waals surface area (Å²) in [6, 6.07) is 9.37. The van der Waals surface area contributed by atoms with E-state index in [1.54, 1.807) is 0 Å². The van der Waals surface area contributed by atoms with Crippen LogP contribution in [0.25, 0.3) is 0 Å². The van der Waals surface area contributed by atoms with E-state index in [0.717, 1.165) is 12.0 Å². The molecule has 1 aromatic rings. The van der Waals surface area contributed by atoms with Gasteiger partial charge in [0.25, 0.3) is 0 Å². The third-order valence-electron chi connectivity index (χ3n) is 2.27. The Bertz CT molecular complexity index is 458. The second-order valence-electron chi connectivity index (χ2n) is 5.66. The fourth-order valence-electron chi connectivity index (χ4n) is 1.34. The summed E-state index contributed by atoms with van der Waals surface area (Å²) in [5.41, 5.74) is 10.5. The molecule has 130 valence electrons. The number of carbonyl (C=O) groups excluding carboxylic acids is 2. The lowest BCUT2D eigenvalue weighted by Gasteiger charge is -2.19. The van der Waals surface area contributed by atoms with Crippen molar-refractivity contribution in [3.63, 3.8) is 0 Å². The Kier molecular flexibility index (Phi) is 10.2. The van der Waals surface area contributed by atoms with Crippen molar-refractivity contribution in [3.05, 3.63) is 35.9 Å². The zero-order valence-corrected chi connectivity index (χ0v) is 14.0. The SMILES string of the molecule is CC(C)(C)OC(=O)NCCCN.NC(=O)OCc1ccccc1. The normalized spacial score (nSPS) is 10.1. The zero-order valence-electron chi connectivity index (χ0n) is 14.0. The molecule has 0 unspecified atom stereocenters. The topological polar surface area (TPSA) is 117 Å². The number of amides is 2. The Morgan fingerprint density at radius 3 is 2.26 bits per heavy atom. The van der Waals surface area contributed by atoms with Crippen LogP contribution in [0.15, 0.2) is 30.3 Å². The van der Waals surface area contributed by atoms with Gasteiger partial charge in [-0.2, -0.15) is 0 Å². The Morgan fingerprint density at radius 2 is 1.78 bits per heavy atom. The van der Waals surface area contributed by atoms with Crippen LogP contribution in [0.3, 0.4) is 0 Å². The number of hydrogen-bond acceptors (Lipinski definition) is 5. The number of primary amides is 1. The van der Waals surface area contributed by atoms with Gasteiger partial charge in [-0.15, -0.1) is 0 Å². The molecule has 7 nitrogen and oxygen atoms in total. The van der Waals surface area contributed by atoms with Gasteiger partial charge in [0.15, 0.2) is 0 Å². The second-order valence-corrected chi connectivity index (χ2v) is 5.66. The lowest BCUT2D eigenvalue weighted by atomic mass is 10.2. The van der Waals surface area contributed by atoms with Crippen LogP contribution >= 0.6 is 0 Å². The molecular weight excluding hydrogens is 298 g/mol. The highest BCUT2D eigenvalue weighted by molar-refractivity contribution is 5.67. The Hall–Kier alpha value is -2.28. The predicted molar refractivity (Wildman–Crippen MR) is 88.7 cm³/mol. The van der Waals surface area contributed by atoms with Crippen LogP contribution in [0.1, 0.15) is 32.8 Å². The summed E-state index contributed by atoms with van der Waals surface area (Å²) >= 11 is 0. The van der Waals surface area contributed by atoms with Crippen LogP contribution in [-0.2, 0) is 16.1 Å². The van der Waals surface area contributed by atoms with Gasteiger partial charge in [-0.1, -0.05) is 30.3 Å². The molecule has 1 aromatic carbocycles. The monoisotopic (exact) mass is 325 g/mol. The second kappa shape index (κ2) is 11.3. The van der Waals surface area contributed by atoms with Crippen molar-refractivity contribution >= 4 is 12.2 Å². The first kappa shape index (κ1) is 20.7. The quantitative estimate of drug-likeness (QED) is 0.717. The van der Waals surface area contributed by atoms with Crippen LogP contribution in [0.4, 0.5) is 9.59 Å². The molecule has 23 heavy (non-hydrogen) atoms. The van der Waals surface area contributed by atoms with Gasteiger partial charge in [0.05, 0.1) is 0 Å². The highest BCUT2D eigenvalue weighted by Gasteiger charge is 2.15. The number of nitrogens with one attached hydrogen (secondary N) is 1. The number of alkyl carbamates (subject to hydrolysis) is 1. The first-order valence-electron chi connectivity index (χ1n) is 7.37. The van der Waals surface area contributed by atoms with Crippen molar-refractivity contribution < 1.29 is 19.1 Å². The molecule has 0 aromatic heterocycles. The van der Waals surface area contributed by atoms with Gasteiger partial charge in [-0.3, -0.25) is 0 Å². The summed E-state index contributed by atoms with van der Waals surface area (Å²) in [4.78, 5) is 21.1. The number of hydrogen-bond donors (Lipinski definition) is 3. The van der Waals surface area contributed by atoms with E-state index in [2.05, 4.69) is 10.1 Å². The maximum atomic E-state index is 11.0. The third-order valence-corrected chi connectivity index (χ3v) is 2.27. The van der Waals surface area contributed by atoms with E-state index in [1.807, 2.05) is 51.1 Å². The summed E-state index contributed by atoms with van der Waals surface area (Å²) in [6.45, 7) is 6.89. The molecular formula is C16H27N3O4. The Morgan fingerprint density at radius 1 is 1.17 bits per heavy atom. The average Bonchev–Trinajstić information content (AvgIpc) is 2.45. The van der Waals surface area contributed by atoms with Crippen LogP contribution in [0, 0.1) is 0 Å². The first-order valence-corrected chi connectivity index (χ1v) is 7.37. The van der Waals surface area contributed by atoms with Crippen molar-refractivity contribution in [2.75, 3.05) is 13.1 Å². The molecule has 5 N–H and O–H groups in total. The standard InChI is InChI=1S/C8H18N2O2.C8H9NO2/c1-8(2,3)12-7(11)10-6-4-5-9;9-8(10)11-6-7-4-2-1-3-5-7/h4-6,9H2,1-3H3,(H,10,11);1-5H,6H2,(H2,9,10). The number of carbonyl (C=O) groups is 2. The van der Waals surface area contributed by atoms with Gasteiger partial charge in [-0.25, -0.2) is 9.59 Å². The molecule has 7 heteroatoms. The summed E-state index contributed by atoms with van der Waals surface area (Å²) < 4.78 is 9.56. The maximum absolute atomic E-state index is 11.0.